The molecule has 6 nitrogen and oxygen atoms in total. The Labute approximate surface area is 164 Å². The summed E-state index contributed by atoms with van der Waals surface area (Å²) in [6.45, 7) is 1.99. The number of nitrogens with zero attached hydrogens (tertiary/aromatic N) is 3. The molecule has 0 radical (unpaired) electrons. The predicted molar refractivity (Wildman–Crippen MR) is 100 cm³/mol. The van der Waals surface area contributed by atoms with Crippen molar-refractivity contribution in [2.24, 2.45) is 0 Å². The van der Waals surface area contributed by atoms with Gasteiger partial charge in [0.1, 0.15) is 6.54 Å². The van der Waals surface area contributed by atoms with Crippen molar-refractivity contribution in [2.45, 2.75) is 26.2 Å². The molecule has 0 saturated heterocycles. The molecule has 9 heteroatoms. The van der Waals surface area contributed by atoms with Crippen molar-refractivity contribution in [1.82, 2.24) is 9.13 Å². The topological polar surface area (TPSA) is 69.2 Å². The van der Waals surface area contributed by atoms with Crippen LogP contribution >= 0.6 is 0 Å². The van der Waals surface area contributed by atoms with Gasteiger partial charge in [-0.15, -0.1) is 0 Å². The second kappa shape index (κ2) is 7.91. The van der Waals surface area contributed by atoms with Crippen molar-refractivity contribution in [3.05, 3.63) is 58.0 Å². The highest BCUT2D eigenvalue weighted by atomic mass is 19.4. The zero-order valence-electron chi connectivity index (χ0n) is 15.8. The van der Waals surface area contributed by atoms with Gasteiger partial charge >= 0.3 is 11.9 Å². The zero-order chi connectivity index (χ0) is 21.2. The molecule has 0 unspecified atom stereocenters. The lowest BCUT2D eigenvalue weighted by atomic mass is 10.1. The maximum Gasteiger partial charge on any atom is 0.416 e. The number of alkyl halides is 3. The van der Waals surface area contributed by atoms with Gasteiger partial charge in [-0.3, -0.25) is 9.13 Å². The van der Waals surface area contributed by atoms with Crippen LogP contribution in [0.4, 0.5) is 13.2 Å². The molecule has 0 aliphatic rings. The normalized spacial score (nSPS) is 11.4. The number of fused-ring (bicyclic) bond motifs is 1. The van der Waals surface area contributed by atoms with Crippen LogP contribution in [0, 0.1) is 11.3 Å². The highest BCUT2D eigenvalue weighted by molar-refractivity contribution is 5.77. The molecule has 0 spiro atoms. The van der Waals surface area contributed by atoms with Crippen LogP contribution in [0.25, 0.3) is 11.0 Å². The summed E-state index contributed by atoms with van der Waals surface area (Å²) in [5.41, 5.74) is -0.365. The van der Waals surface area contributed by atoms with Gasteiger partial charge in [0, 0.05) is 0 Å². The van der Waals surface area contributed by atoms with E-state index in [0.29, 0.717) is 29.2 Å². The number of hydrogen-bond donors (Lipinski definition) is 0. The van der Waals surface area contributed by atoms with Gasteiger partial charge in [-0.25, -0.2) is 4.79 Å². The fourth-order valence-corrected chi connectivity index (χ4v) is 3.14. The minimum absolute atomic E-state index is 0.0601. The number of benzene rings is 2. The van der Waals surface area contributed by atoms with Gasteiger partial charge in [-0.2, -0.15) is 18.4 Å². The van der Waals surface area contributed by atoms with E-state index in [0.717, 1.165) is 16.7 Å². The Morgan fingerprint density at radius 3 is 2.45 bits per heavy atom. The molecule has 1 aromatic heterocycles. The predicted octanol–water partition coefficient (Wildman–Crippen LogP) is 3.80. The van der Waals surface area contributed by atoms with Crippen molar-refractivity contribution < 1.29 is 22.6 Å². The third-order valence-corrected chi connectivity index (χ3v) is 4.44. The van der Waals surface area contributed by atoms with E-state index in [1.165, 1.54) is 17.7 Å². The molecule has 3 rings (SSSR count). The maximum absolute atomic E-state index is 13.1. The standard InChI is InChI=1S/C20H18F3N3O3/c1-3-29-18-10-13(4-7-17(18)28-2)12-26-15-6-5-14(20(21,22)23)11-16(15)25(9-8-24)19(26)27/h4-7,10-11H,3,9,12H2,1-2H3. The van der Waals surface area contributed by atoms with Gasteiger partial charge in [-0.05, 0) is 42.8 Å². The number of ether oxygens (including phenoxy) is 2. The quantitative estimate of drug-likeness (QED) is 0.626. The largest absolute Gasteiger partial charge is 0.493 e. The summed E-state index contributed by atoms with van der Waals surface area (Å²) in [7, 11) is 1.51. The Hall–Kier alpha value is -3.41. The van der Waals surface area contributed by atoms with Gasteiger partial charge in [0.25, 0.3) is 0 Å². The minimum atomic E-state index is -4.55. The SMILES string of the molecule is CCOc1cc(Cn2c(=O)n(CC#N)c3cc(C(F)(F)F)ccc32)ccc1OC. The Kier molecular flexibility index (Phi) is 5.55. The van der Waals surface area contributed by atoms with Gasteiger partial charge in [0.15, 0.2) is 11.5 Å². The number of methoxy groups -OCH3 is 1. The molecule has 0 atom stereocenters. The molecular formula is C20H18F3N3O3. The van der Waals surface area contributed by atoms with Crippen molar-refractivity contribution >= 4 is 11.0 Å². The summed E-state index contributed by atoms with van der Waals surface area (Å²) in [6.07, 6.45) is -4.55. The first kappa shape index (κ1) is 20.3. The van der Waals surface area contributed by atoms with E-state index >= 15 is 0 Å². The summed E-state index contributed by atoms with van der Waals surface area (Å²) in [6, 6.07) is 10.0. The molecule has 1 heterocycles. The van der Waals surface area contributed by atoms with E-state index in [2.05, 4.69) is 0 Å². The molecule has 0 aliphatic heterocycles. The van der Waals surface area contributed by atoms with Crippen molar-refractivity contribution in [3.8, 4) is 17.6 Å². The van der Waals surface area contributed by atoms with E-state index in [9.17, 15) is 18.0 Å². The van der Waals surface area contributed by atoms with Crippen LogP contribution < -0.4 is 15.2 Å². The molecule has 0 bridgehead atoms. The van der Waals surface area contributed by atoms with Gasteiger partial charge in [0.05, 0.1) is 42.9 Å². The van der Waals surface area contributed by atoms with Crippen LogP contribution in [0.2, 0.25) is 0 Å². The smallest absolute Gasteiger partial charge is 0.416 e. The molecule has 0 amide bonds. The third kappa shape index (κ3) is 3.92. The van der Waals surface area contributed by atoms with Crippen LogP contribution in [0.1, 0.15) is 18.1 Å². The summed E-state index contributed by atoms with van der Waals surface area (Å²) in [5, 5.41) is 9.01. The van der Waals surface area contributed by atoms with Crippen LogP contribution in [0.15, 0.2) is 41.2 Å². The van der Waals surface area contributed by atoms with Crippen LogP contribution in [-0.2, 0) is 19.3 Å². The van der Waals surface area contributed by atoms with Crippen LogP contribution in [-0.4, -0.2) is 22.9 Å². The fraction of sp³-hybridized carbons (Fsp3) is 0.300. The fourth-order valence-electron chi connectivity index (χ4n) is 3.14. The van der Waals surface area contributed by atoms with Gasteiger partial charge < -0.3 is 9.47 Å². The monoisotopic (exact) mass is 405 g/mol. The molecule has 0 aliphatic carbocycles. The van der Waals surface area contributed by atoms with Crippen molar-refractivity contribution in [3.63, 3.8) is 0 Å². The number of rotatable bonds is 6. The molecule has 29 heavy (non-hydrogen) atoms. The van der Waals surface area contributed by atoms with E-state index < -0.39 is 17.4 Å². The third-order valence-electron chi connectivity index (χ3n) is 4.44. The Morgan fingerprint density at radius 2 is 1.83 bits per heavy atom. The number of halogens is 3. The molecular weight excluding hydrogens is 387 g/mol. The van der Waals surface area contributed by atoms with Gasteiger partial charge in [-0.1, -0.05) is 6.07 Å². The lowest BCUT2D eigenvalue weighted by Gasteiger charge is -2.12. The Morgan fingerprint density at radius 1 is 1.07 bits per heavy atom. The summed E-state index contributed by atoms with van der Waals surface area (Å²) in [4.78, 5) is 12.8. The molecule has 0 N–H and O–H groups in total. The second-order valence-electron chi connectivity index (χ2n) is 6.23. The highest BCUT2D eigenvalue weighted by Crippen LogP contribution is 2.32. The molecule has 3 aromatic rings. The van der Waals surface area contributed by atoms with E-state index in [4.69, 9.17) is 14.7 Å². The van der Waals surface area contributed by atoms with E-state index in [-0.39, 0.29) is 18.6 Å². The van der Waals surface area contributed by atoms with Crippen LogP contribution in [0.3, 0.4) is 0 Å². The Balaban J connectivity index is 2.13. The number of imidazole rings is 1. The zero-order valence-corrected chi connectivity index (χ0v) is 15.8. The lowest BCUT2D eigenvalue weighted by molar-refractivity contribution is -0.137. The first-order valence-electron chi connectivity index (χ1n) is 8.77. The molecule has 0 fully saturated rings. The Bertz CT molecular complexity index is 1140. The number of nitriles is 1. The van der Waals surface area contributed by atoms with Gasteiger partial charge in [0.2, 0.25) is 0 Å². The average molecular weight is 405 g/mol. The molecule has 0 saturated carbocycles. The summed E-state index contributed by atoms with van der Waals surface area (Å²) < 4.78 is 52.4. The molecule has 2 aromatic carbocycles. The highest BCUT2D eigenvalue weighted by Gasteiger charge is 2.31. The maximum atomic E-state index is 13.1. The second-order valence-corrected chi connectivity index (χ2v) is 6.23. The number of hydrogen-bond acceptors (Lipinski definition) is 4. The van der Waals surface area contributed by atoms with E-state index in [1.54, 1.807) is 18.2 Å². The number of aromatic nitrogens is 2. The lowest BCUT2D eigenvalue weighted by Crippen LogP contribution is -2.24. The van der Waals surface area contributed by atoms with Crippen LogP contribution in [0.5, 0.6) is 11.5 Å². The first-order chi connectivity index (χ1) is 13.8. The summed E-state index contributed by atoms with van der Waals surface area (Å²) in [5.74, 6) is 1.03. The average Bonchev–Trinajstić information content (AvgIpc) is 2.93. The molecule has 152 valence electrons. The minimum Gasteiger partial charge on any atom is -0.493 e. The van der Waals surface area contributed by atoms with Crippen molar-refractivity contribution in [1.29, 1.82) is 5.26 Å². The van der Waals surface area contributed by atoms with Crippen molar-refractivity contribution in [2.75, 3.05) is 13.7 Å². The first-order valence-corrected chi connectivity index (χ1v) is 8.77. The summed E-state index contributed by atoms with van der Waals surface area (Å²) >= 11 is 0. The van der Waals surface area contributed by atoms with E-state index in [1.807, 2.05) is 13.0 Å².